The summed E-state index contributed by atoms with van der Waals surface area (Å²) < 4.78 is 60.8. The van der Waals surface area contributed by atoms with Crippen molar-refractivity contribution < 1.29 is 36.8 Å². The number of thiophene rings is 1. The number of thiocarbonyl (C=S) groups is 1. The van der Waals surface area contributed by atoms with E-state index in [0.717, 1.165) is 28.6 Å². The average Bonchev–Trinajstić information content (AvgIpc) is 3.24. The molecule has 0 bridgehead atoms. The van der Waals surface area contributed by atoms with E-state index in [9.17, 15) is 32.5 Å². The van der Waals surface area contributed by atoms with Crippen LogP contribution in [0.4, 0.5) is 33.9 Å². The Morgan fingerprint density at radius 3 is 2.49 bits per heavy atom. The number of nitrogens with zero attached hydrogens (tertiary/aromatic N) is 1. The number of anilines is 2. The quantitative estimate of drug-likeness (QED) is 0.101. The molecule has 0 spiro atoms. The third-order valence-corrected chi connectivity index (χ3v) is 6.00. The van der Waals surface area contributed by atoms with Crippen LogP contribution in [0.1, 0.15) is 20.8 Å². The van der Waals surface area contributed by atoms with Crippen LogP contribution in [0.3, 0.4) is 0 Å². The number of nitro benzene ring substituents is 1. The zero-order valence-corrected chi connectivity index (χ0v) is 20.6. The molecule has 8 nitrogen and oxygen atoms in total. The van der Waals surface area contributed by atoms with E-state index < -0.39 is 41.3 Å². The van der Waals surface area contributed by atoms with Crippen molar-refractivity contribution in [3.8, 4) is 5.75 Å². The van der Waals surface area contributed by atoms with Crippen LogP contribution in [0.15, 0.2) is 54.6 Å². The van der Waals surface area contributed by atoms with Crippen molar-refractivity contribution in [2.75, 3.05) is 24.4 Å². The molecule has 0 radical (unpaired) electrons. The summed E-state index contributed by atoms with van der Waals surface area (Å²) in [7, 11) is 1.22. The Bertz CT molecular complexity index is 1290. The summed E-state index contributed by atoms with van der Waals surface area (Å²) in [5, 5.41) is 17.0. The maximum absolute atomic E-state index is 13.2. The summed E-state index contributed by atoms with van der Waals surface area (Å²) in [5.41, 5.74) is 0.622. The van der Waals surface area contributed by atoms with Gasteiger partial charge in [0.2, 0.25) is 0 Å². The van der Waals surface area contributed by atoms with E-state index in [2.05, 4.69) is 10.6 Å². The van der Waals surface area contributed by atoms with E-state index >= 15 is 0 Å². The number of esters is 1. The first kappa shape index (κ1) is 27.8. The van der Waals surface area contributed by atoms with Crippen molar-refractivity contribution in [3.63, 3.8) is 0 Å². The van der Waals surface area contributed by atoms with Gasteiger partial charge in [-0.05, 0) is 23.8 Å². The molecule has 0 aliphatic heterocycles. The van der Waals surface area contributed by atoms with Gasteiger partial charge in [0, 0.05) is 23.4 Å². The van der Waals surface area contributed by atoms with Crippen molar-refractivity contribution in [2.24, 2.45) is 0 Å². The largest absolute Gasteiger partial charge is 0.487 e. The first-order valence-corrected chi connectivity index (χ1v) is 11.6. The van der Waals surface area contributed by atoms with Crippen LogP contribution in [-0.4, -0.2) is 42.1 Å². The minimum Gasteiger partial charge on any atom is -0.487 e. The van der Waals surface area contributed by atoms with Gasteiger partial charge in [0.1, 0.15) is 10.8 Å². The number of nitro groups is 1. The predicted octanol–water partition coefficient (Wildman–Crippen LogP) is 6.12. The Morgan fingerprint density at radius 1 is 1.16 bits per heavy atom. The lowest BCUT2D eigenvalue weighted by Crippen LogP contribution is -2.33. The molecule has 0 fully saturated rings. The molecule has 14 heteroatoms. The first-order chi connectivity index (χ1) is 17.5. The monoisotopic (exact) mass is 557 g/mol. The van der Waals surface area contributed by atoms with Gasteiger partial charge in [0.15, 0.2) is 11.7 Å². The molecule has 0 saturated heterocycles. The second kappa shape index (κ2) is 12.0. The van der Waals surface area contributed by atoms with Crippen LogP contribution in [0.25, 0.3) is 0 Å². The first-order valence-electron chi connectivity index (χ1n) is 10.4. The van der Waals surface area contributed by atoms with E-state index in [4.69, 9.17) is 21.7 Å². The molecule has 196 valence electrons. The fourth-order valence-corrected chi connectivity index (χ4v) is 4.40. The summed E-state index contributed by atoms with van der Waals surface area (Å²) in [5.74, 6) is -5.51. The minimum absolute atomic E-state index is 0.0391. The minimum atomic E-state index is -4.45. The maximum Gasteiger partial charge on any atom is 0.340 e. The third-order valence-electron chi connectivity index (χ3n) is 4.75. The average molecular weight is 558 g/mol. The number of halogens is 4. The Labute approximate surface area is 217 Å². The summed E-state index contributed by atoms with van der Waals surface area (Å²) in [6, 6.07) is 14.1. The van der Waals surface area contributed by atoms with Crippen molar-refractivity contribution >= 4 is 51.0 Å². The second-order valence-electron chi connectivity index (χ2n) is 7.51. The zero-order chi connectivity index (χ0) is 27.2. The molecule has 0 aliphatic rings. The highest BCUT2D eigenvalue weighted by Crippen LogP contribution is 2.32. The Hall–Kier alpha value is -3.78. The fraction of sp³-hybridized carbons (Fsp3) is 0.217. The van der Waals surface area contributed by atoms with Gasteiger partial charge in [-0.3, -0.25) is 10.1 Å². The molecular weight excluding hydrogens is 538 g/mol. The van der Waals surface area contributed by atoms with E-state index in [1.165, 1.54) is 18.4 Å². The number of ether oxygens (including phenoxy) is 2. The number of hydrogen-bond donors (Lipinski definition) is 2. The zero-order valence-electron chi connectivity index (χ0n) is 19.0. The third kappa shape index (κ3) is 7.60. The number of rotatable bonds is 10. The van der Waals surface area contributed by atoms with E-state index in [1.54, 1.807) is 6.07 Å². The molecule has 2 aromatic carbocycles. The van der Waals surface area contributed by atoms with Crippen molar-refractivity contribution in [2.45, 2.75) is 18.8 Å². The number of benzene rings is 2. The normalized spacial score (nSPS) is 11.2. The van der Waals surface area contributed by atoms with E-state index in [-0.39, 0.29) is 16.4 Å². The lowest BCUT2D eigenvalue weighted by molar-refractivity contribution is -0.384. The van der Waals surface area contributed by atoms with Gasteiger partial charge in [-0.15, -0.1) is 11.3 Å². The molecule has 1 heterocycles. The number of carbonyl (C=O) groups excluding carboxylic acids is 1. The molecule has 3 aromatic rings. The molecule has 0 amide bonds. The lowest BCUT2D eigenvalue weighted by Gasteiger charge is -2.16. The smallest absolute Gasteiger partial charge is 0.340 e. The highest BCUT2D eigenvalue weighted by Gasteiger charge is 2.41. The van der Waals surface area contributed by atoms with Gasteiger partial charge in [-0.1, -0.05) is 30.3 Å². The van der Waals surface area contributed by atoms with Gasteiger partial charge in [-0.2, -0.15) is 8.78 Å². The number of methoxy groups -OCH3 is 1. The summed E-state index contributed by atoms with van der Waals surface area (Å²) >= 11 is 6.49. The van der Waals surface area contributed by atoms with Crippen LogP contribution in [0.2, 0.25) is 0 Å². The molecule has 0 atom stereocenters. The van der Waals surface area contributed by atoms with E-state index in [0.29, 0.717) is 11.4 Å². The number of hydrogen-bond acceptors (Lipinski definition) is 7. The maximum atomic E-state index is 13.2. The highest BCUT2D eigenvalue weighted by atomic mass is 32.1. The molecule has 0 unspecified atom stereocenters. The number of nitrogens with one attached hydrogen (secondary N) is 2. The van der Waals surface area contributed by atoms with Crippen LogP contribution in [0, 0.1) is 10.1 Å². The molecule has 37 heavy (non-hydrogen) atoms. The van der Waals surface area contributed by atoms with Gasteiger partial charge in [0.05, 0.1) is 29.4 Å². The van der Waals surface area contributed by atoms with Gasteiger partial charge >= 0.3 is 18.3 Å². The molecule has 3 rings (SSSR count). The summed E-state index contributed by atoms with van der Waals surface area (Å²) in [6.45, 7) is -1.68. The van der Waals surface area contributed by atoms with Crippen molar-refractivity contribution in [1.82, 2.24) is 0 Å². The summed E-state index contributed by atoms with van der Waals surface area (Å²) in [4.78, 5) is 23.5. The predicted molar refractivity (Wildman–Crippen MR) is 134 cm³/mol. The second-order valence-corrected chi connectivity index (χ2v) is 9.06. The van der Waals surface area contributed by atoms with Crippen LogP contribution in [-0.2, 0) is 11.2 Å². The summed E-state index contributed by atoms with van der Waals surface area (Å²) in [6.07, 6.45) is -3.44. The molecule has 0 aliphatic carbocycles. The Balaban J connectivity index is 1.79. The van der Waals surface area contributed by atoms with E-state index in [1.807, 2.05) is 30.3 Å². The van der Waals surface area contributed by atoms with Crippen LogP contribution >= 0.6 is 23.6 Å². The highest BCUT2D eigenvalue weighted by molar-refractivity contribution is 7.80. The van der Waals surface area contributed by atoms with Crippen LogP contribution in [0.5, 0.6) is 5.75 Å². The van der Waals surface area contributed by atoms with Crippen molar-refractivity contribution in [3.05, 3.63) is 80.7 Å². The Morgan fingerprint density at radius 2 is 1.86 bits per heavy atom. The standard InChI is InChI=1S/C23H19F4N3O5S2/c1-34-20(31)18-11-17(7-13-5-3-2-4-6-13)37-19(18)29-22(36)28-14-8-15(30(32)33)10-16(9-14)35-12-23(26,27)21(24)25/h2-6,8-11,21H,7,12H2,1H3,(H2,28,29,36). The number of non-ortho nitro benzene ring substituents is 1. The van der Waals surface area contributed by atoms with Gasteiger partial charge < -0.3 is 20.1 Å². The number of carbonyl (C=O) groups is 1. The topological polar surface area (TPSA) is 103 Å². The lowest BCUT2D eigenvalue weighted by atomic mass is 10.1. The molecule has 0 saturated carbocycles. The molecule has 2 N–H and O–H groups in total. The van der Waals surface area contributed by atoms with Crippen molar-refractivity contribution in [1.29, 1.82) is 0 Å². The molecular formula is C23H19F4N3O5S2. The Kier molecular flexibility index (Phi) is 8.99. The van der Waals surface area contributed by atoms with Gasteiger partial charge in [-0.25, -0.2) is 13.6 Å². The van der Waals surface area contributed by atoms with Gasteiger partial charge in [0.25, 0.3) is 5.69 Å². The number of alkyl halides is 4. The SMILES string of the molecule is COC(=O)c1cc(Cc2ccccc2)sc1NC(=S)Nc1cc(OCC(F)(F)C(F)F)cc([N+](=O)[O-])c1. The fourth-order valence-electron chi connectivity index (χ4n) is 3.03. The molecule has 1 aromatic heterocycles. The van der Waals surface area contributed by atoms with Crippen LogP contribution < -0.4 is 15.4 Å².